The highest BCUT2D eigenvalue weighted by atomic mass is 16.5. The molecule has 0 aliphatic carbocycles. The smallest absolute Gasteiger partial charge is 0.191 e. The summed E-state index contributed by atoms with van der Waals surface area (Å²) >= 11 is 0. The maximum atomic E-state index is 5.68. The van der Waals surface area contributed by atoms with E-state index < -0.39 is 0 Å². The zero-order valence-corrected chi connectivity index (χ0v) is 16.6. The fraction of sp³-hybridized carbons (Fsp3) is 0.650. The molecule has 6 heteroatoms. The van der Waals surface area contributed by atoms with Crippen molar-refractivity contribution in [3.8, 4) is 5.75 Å². The number of hydrogen-bond donors (Lipinski definition) is 2. The minimum Gasteiger partial charge on any atom is -0.494 e. The number of benzene rings is 1. The lowest BCUT2D eigenvalue weighted by Crippen LogP contribution is -2.38. The van der Waals surface area contributed by atoms with Gasteiger partial charge in [-0.15, -0.1) is 0 Å². The van der Waals surface area contributed by atoms with Crippen molar-refractivity contribution in [3.05, 3.63) is 29.8 Å². The van der Waals surface area contributed by atoms with Gasteiger partial charge in [-0.25, -0.2) is 0 Å². The lowest BCUT2D eigenvalue weighted by molar-refractivity contribution is 0.274. The van der Waals surface area contributed by atoms with Crippen molar-refractivity contribution >= 4 is 5.96 Å². The number of aliphatic imine (C=N–C) groups is 1. The summed E-state index contributed by atoms with van der Waals surface area (Å²) in [6.07, 6.45) is 2.40. The van der Waals surface area contributed by atoms with Crippen LogP contribution in [0, 0.1) is 0 Å². The first-order valence-corrected chi connectivity index (χ1v) is 9.79. The SMILES string of the molecule is CCOc1ccccc1CNC(=NC)NCCCN1CCCN(C)CC1. The summed E-state index contributed by atoms with van der Waals surface area (Å²) in [6, 6.07) is 8.13. The Morgan fingerprint density at radius 3 is 2.81 bits per heavy atom. The molecule has 1 aromatic rings. The number of para-hydroxylation sites is 1. The van der Waals surface area contributed by atoms with Gasteiger partial charge < -0.3 is 25.2 Å². The van der Waals surface area contributed by atoms with E-state index >= 15 is 0 Å². The lowest BCUT2D eigenvalue weighted by atomic mass is 10.2. The second-order valence-electron chi connectivity index (χ2n) is 6.75. The van der Waals surface area contributed by atoms with E-state index in [1.807, 2.05) is 32.2 Å². The van der Waals surface area contributed by atoms with Crippen molar-refractivity contribution in [1.82, 2.24) is 20.4 Å². The Kier molecular flexibility index (Phi) is 9.28. The van der Waals surface area contributed by atoms with Crippen LogP contribution < -0.4 is 15.4 Å². The highest BCUT2D eigenvalue weighted by Crippen LogP contribution is 2.17. The number of ether oxygens (including phenoxy) is 1. The molecule has 1 aromatic carbocycles. The van der Waals surface area contributed by atoms with E-state index in [0.717, 1.165) is 36.8 Å². The zero-order valence-electron chi connectivity index (χ0n) is 16.6. The van der Waals surface area contributed by atoms with Crippen LogP contribution in [0.25, 0.3) is 0 Å². The summed E-state index contributed by atoms with van der Waals surface area (Å²) in [5.41, 5.74) is 1.14. The number of guanidine groups is 1. The molecule has 2 rings (SSSR count). The summed E-state index contributed by atoms with van der Waals surface area (Å²) < 4.78 is 5.68. The van der Waals surface area contributed by atoms with Gasteiger partial charge in [0, 0.05) is 38.8 Å². The van der Waals surface area contributed by atoms with Crippen molar-refractivity contribution in [2.75, 3.05) is 60.0 Å². The van der Waals surface area contributed by atoms with Crippen molar-refractivity contribution in [2.24, 2.45) is 4.99 Å². The molecular formula is C20H35N5O. The molecule has 0 atom stereocenters. The molecule has 1 fully saturated rings. The molecule has 2 N–H and O–H groups in total. The second kappa shape index (κ2) is 11.8. The van der Waals surface area contributed by atoms with Crippen LogP contribution in [-0.4, -0.2) is 75.7 Å². The predicted octanol–water partition coefficient (Wildman–Crippen LogP) is 1.78. The molecule has 1 heterocycles. The Balaban J connectivity index is 1.68. The standard InChI is InChI=1S/C20H35N5O/c1-4-26-19-10-6-5-9-18(19)17-23-20(21-2)22-11-7-13-25-14-8-12-24(3)15-16-25/h5-6,9-10H,4,7-8,11-17H2,1-3H3,(H2,21,22,23). The minimum absolute atomic E-state index is 0.677. The van der Waals surface area contributed by atoms with Crippen LogP contribution >= 0.6 is 0 Å². The Labute approximate surface area is 158 Å². The molecule has 0 bridgehead atoms. The van der Waals surface area contributed by atoms with Crippen molar-refractivity contribution in [1.29, 1.82) is 0 Å². The highest BCUT2D eigenvalue weighted by molar-refractivity contribution is 5.79. The third kappa shape index (κ3) is 7.22. The van der Waals surface area contributed by atoms with E-state index in [2.05, 4.69) is 38.5 Å². The third-order valence-corrected chi connectivity index (χ3v) is 4.70. The predicted molar refractivity (Wildman–Crippen MR) is 109 cm³/mol. The minimum atomic E-state index is 0.677. The summed E-state index contributed by atoms with van der Waals surface area (Å²) in [5.74, 6) is 1.77. The summed E-state index contributed by atoms with van der Waals surface area (Å²) in [4.78, 5) is 9.31. The quantitative estimate of drug-likeness (QED) is 0.420. The molecule has 0 amide bonds. The second-order valence-corrected chi connectivity index (χ2v) is 6.75. The van der Waals surface area contributed by atoms with Gasteiger partial charge in [0.2, 0.25) is 0 Å². The van der Waals surface area contributed by atoms with Crippen LogP contribution in [0.15, 0.2) is 29.3 Å². The molecule has 0 spiro atoms. The maximum absolute atomic E-state index is 5.68. The van der Waals surface area contributed by atoms with Crippen LogP contribution in [-0.2, 0) is 6.54 Å². The summed E-state index contributed by atoms with van der Waals surface area (Å²) in [5, 5.41) is 6.79. The van der Waals surface area contributed by atoms with Gasteiger partial charge in [0.05, 0.1) is 6.61 Å². The molecule has 0 radical (unpaired) electrons. The van der Waals surface area contributed by atoms with E-state index in [9.17, 15) is 0 Å². The fourth-order valence-electron chi connectivity index (χ4n) is 3.18. The average molecular weight is 362 g/mol. The number of nitrogens with one attached hydrogen (secondary N) is 2. The van der Waals surface area contributed by atoms with Crippen LogP contribution in [0.1, 0.15) is 25.3 Å². The van der Waals surface area contributed by atoms with E-state index in [0.29, 0.717) is 13.2 Å². The van der Waals surface area contributed by atoms with Gasteiger partial charge in [0.25, 0.3) is 0 Å². The van der Waals surface area contributed by atoms with Crippen molar-refractivity contribution < 1.29 is 4.74 Å². The molecule has 1 aliphatic heterocycles. The van der Waals surface area contributed by atoms with Crippen LogP contribution in [0.3, 0.4) is 0 Å². The van der Waals surface area contributed by atoms with Gasteiger partial charge in [-0.2, -0.15) is 0 Å². The Morgan fingerprint density at radius 1 is 1.15 bits per heavy atom. The first-order chi connectivity index (χ1) is 12.7. The van der Waals surface area contributed by atoms with Gasteiger partial charge in [0.15, 0.2) is 5.96 Å². The molecular weight excluding hydrogens is 326 g/mol. The van der Waals surface area contributed by atoms with Gasteiger partial charge in [-0.3, -0.25) is 4.99 Å². The normalized spacial score (nSPS) is 17.0. The zero-order chi connectivity index (χ0) is 18.6. The van der Waals surface area contributed by atoms with E-state index in [1.165, 1.54) is 32.6 Å². The number of nitrogens with zero attached hydrogens (tertiary/aromatic N) is 3. The first kappa shape index (κ1) is 20.5. The largest absolute Gasteiger partial charge is 0.494 e. The molecule has 6 nitrogen and oxygen atoms in total. The van der Waals surface area contributed by atoms with Gasteiger partial charge in [-0.1, -0.05) is 18.2 Å². The number of likely N-dealkylation sites (N-methyl/N-ethyl adjacent to an activating group) is 1. The third-order valence-electron chi connectivity index (χ3n) is 4.70. The molecule has 0 aromatic heterocycles. The van der Waals surface area contributed by atoms with E-state index in [1.54, 1.807) is 0 Å². The Bertz CT molecular complexity index is 549. The Hall–Kier alpha value is -1.79. The average Bonchev–Trinajstić information content (AvgIpc) is 2.87. The molecule has 26 heavy (non-hydrogen) atoms. The topological polar surface area (TPSA) is 52.1 Å². The Morgan fingerprint density at radius 2 is 2.00 bits per heavy atom. The van der Waals surface area contributed by atoms with Crippen LogP contribution in [0.5, 0.6) is 5.75 Å². The molecule has 1 aliphatic rings. The molecule has 1 saturated heterocycles. The lowest BCUT2D eigenvalue weighted by Gasteiger charge is -2.20. The summed E-state index contributed by atoms with van der Waals surface area (Å²) in [7, 11) is 4.03. The first-order valence-electron chi connectivity index (χ1n) is 9.79. The molecule has 146 valence electrons. The van der Waals surface area contributed by atoms with Crippen molar-refractivity contribution in [3.63, 3.8) is 0 Å². The van der Waals surface area contributed by atoms with Gasteiger partial charge >= 0.3 is 0 Å². The fourth-order valence-corrected chi connectivity index (χ4v) is 3.18. The highest BCUT2D eigenvalue weighted by Gasteiger charge is 2.11. The molecule has 0 unspecified atom stereocenters. The monoisotopic (exact) mass is 361 g/mol. The van der Waals surface area contributed by atoms with Gasteiger partial charge in [0.1, 0.15) is 5.75 Å². The number of hydrogen-bond acceptors (Lipinski definition) is 4. The van der Waals surface area contributed by atoms with Crippen molar-refractivity contribution in [2.45, 2.75) is 26.3 Å². The summed E-state index contributed by atoms with van der Waals surface area (Å²) in [6.45, 7) is 10.2. The number of rotatable bonds is 8. The van der Waals surface area contributed by atoms with Crippen LogP contribution in [0.2, 0.25) is 0 Å². The maximum Gasteiger partial charge on any atom is 0.191 e. The van der Waals surface area contributed by atoms with E-state index in [4.69, 9.17) is 4.74 Å². The van der Waals surface area contributed by atoms with Gasteiger partial charge in [-0.05, 0) is 52.5 Å². The van der Waals surface area contributed by atoms with E-state index in [-0.39, 0.29) is 0 Å². The van der Waals surface area contributed by atoms with Crippen LogP contribution in [0.4, 0.5) is 0 Å². The molecule has 0 saturated carbocycles.